The summed E-state index contributed by atoms with van der Waals surface area (Å²) >= 11 is 0. The van der Waals surface area contributed by atoms with E-state index in [0.29, 0.717) is 0 Å². The summed E-state index contributed by atoms with van der Waals surface area (Å²) in [6, 6.07) is 0. The van der Waals surface area contributed by atoms with Gasteiger partial charge in [-0.2, -0.15) is 5.21 Å². The summed E-state index contributed by atoms with van der Waals surface area (Å²) in [5.74, 6) is 0.176. The van der Waals surface area contributed by atoms with E-state index in [9.17, 15) is 0 Å². The Morgan fingerprint density at radius 2 is 2.29 bits per heavy atom. The number of halogens is 1. The van der Waals surface area contributed by atoms with Gasteiger partial charge in [-0.1, -0.05) is 5.10 Å². The summed E-state index contributed by atoms with van der Waals surface area (Å²) in [5, 5.41) is 12.0. The standard InChI is InChI=1S/CH3N5.BrH/c2-1-3-5-6-4-1;/h(H3,2,3,4,5,6);1H. The second-order valence-electron chi connectivity index (χ2n) is 0.770. The first-order valence-corrected chi connectivity index (χ1v) is 1.38. The molecule has 6 heteroatoms. The van der Waals surface area contributed by atoms with Gasteiger partial charge in [-0.25, -0.2) is 0 Å². The van der Waals surface area contributed by atoms with Gasteiger partial charge in [0.1, 0.15) is 0 Å². The van der Waals surface area contributed by atoms with Crippen LogP contribution in [0.1, 0.15) is 0 Å². The van der Waals surface area contributed by atoms with Crippen LogP contribution in [-0.2, 0) is 0 Å². The topological polar surface area (TPSA) is 80.5 Å². The summed E-state index contributed by atoms with van der Waals surface area (Å²) in [4.78, 5) is 0. The smallest absolute Gasteiger partial charge is 0.260 e. The van der Waals surface area contributed by atoms with Gasteiger partial charge >= 0.3 is 0 Å². The number of nitrogens with two attached hydrogens (primary N) is 1. The van der Waals surface area contributed by atoms with Crippen molar-refractivity contribution in [3.05, 3.63) is 0 Å². The lowest BCUT2D eigenvalue weighted by atomic mass is 11.2. The third-order valence-electron chi connectivity index (χ3n) is 0.362. The van der Waals surface area contributed by atoms with Crippen LogP contribution in [0.3, 0.4) is 0 Å². The maximum atomic E-state index is 4.96. The van der Waals surface area contributed by atoms with E-state index in [0.717, 1.165) is 0 Å². The van der Waals surface area contributed by atoms with Gasteiger partial charge in [-0.3, -0.25) is 0 Å². The first-order valence-electron chi connectivity index (χ1n) is 1.38. The molecule has 40 valence electrons. The van der Waals surface area contributed by atoms with Gasteiger partial charge in [0.15, 0.2) is 0 Å². The van der Waals surface area contributed by atoms with Crippen molar-refractivity contribution in [3.8, 4) is 0 Å². The highest BCUT2D eigenvalue weighted by atomic mass is 79.9. The van der Waals surface area contributed by atoms with Gasteiger partial charge in [0.2, 0.25) is 0 Å². The molecular formula is CH4BrN5. The third kappa shape index (κ3) is 1.49. The quantitative estimate of drug-likeness (QED) is 0.537. The highest BCUT2D eigenvalue weighted by Crippen LogP contribution is 1.72. The predicted molar refractivity (Wildman–Crippen MR) is 28.9 cm³/mol. The molecule has 0 saturated heterocycles. The van der Waals surface area contributed by atoms with Crippen LogP contribution in [0.5, 0.6) is 0 Å². The number of rotatable bonds is 0. The van der Waals surface area contributed by atoms with Crippen molar-refractivity contribution < 1.29 is 0 Å². The molecule has 1 heterocycles. The second kappa shape index (κ2) is 2.51. The molecule has 1 aromatic rings. The molecule has 0 amide bonds. The van der Waals surface area contributed by atoms with E-state index in [-0.39, 0.29) is 22.9 Å². The molecule has 3 N–H and O–H groups in total. The zero-order chi connectivity index (χ0) is 4.41. The molecule has 0 aliphatic heterocycles. The molecule has 1 aromatic heterocycles. The van der Waals surface area contributed by atoms with Gasteiger partial charge in [0, 0.05) is 0 Å². The molecule has 0 saturated carbocycles. The largest absolute Gasteiger partial charge is 0.365 e. The molecule has 0 aliphatic rings. The average molecular weight is 166 g/mol. The summed E-state index contributed by atoms with van der Waals surface area (Å²) < 4.78 is 0. The molecule has 5 nitrogen and oxygen atoms in total. The number of hydrogen-bond acceptors (Lipinski definition) is 4. The molecule has 0 bridgehead atoms. The number of nitrogen functional groups attached to an aromatic ring is 1. The highest BCUT2D eigenvalue weighted by molar-refractivity contribution is 8.93. The first kappa shape index (κ1) is 6.35. The number of hydrogen-bond donors (Lipinski definition) is 2. The fourth-order valence-corrected chi connectivity index (χ4v) is 0.170. The Morgan fingerprint density at radius 1 is 1.57 bits per heavy atom. The zero-order valence-corrected chi connectivity index (χ0v) is 5.04. The Balaban J connectivity index is 0.000000360. The average Bonchev–Trinajstić information content (AvgIpc) is 1.86. The summed E-state index contributed by atoms with van der Waals surface area (Å²) in [5.41, 5.74) is 4.96. The Morgan fingerprint density at radius 3 is 2.43 bits per heavy atom. The minimum absolute atomic E-state index is 0. The van der Waals surface area contributed by atoms with Crippen LogP contribution in [0.15, 0.2) is 0 Å². The van der Waals surface area contributed by atoms with E-state index in [4.69, 9.17) is 5.73 Å². The van der Waals surface area contributed by atoms with Crippen LogP contribution in [-0.4, -0.2) is 20.6 Å². The normalized spacial score (nSPS) is 7.43. The van der Waals surface area contributed by atoms with Crippen LogP contribution >= 0.6 is 17.0 Å². The summed E-state index contributed by atoms with van der Waals surface area (Å²) in [6.45, 7) is 0. The molecule has 1 rings (SSSR count). The fraction of sp³-hybridized carbons (Fsp3) is 0. The van der Waals surface area contributed by atoms with Gasteiger partial charge in [0.25, 0.3) is 5.95 Å². The Labute approximate surface area is 50.1 Å². The van der Waals surface area contributed by atoms with Gasteiger partial charge in [-0.15, -0.1) is 22.1 Å². The fourth-order valence-electron chi connectivity index (χ4n) is 0.170. The number of nitrogens with zero attached hydrogens (tertiary/aromatic N) is 3. The Bertz CT molecular complexity index is 112. The van der Waals surface area contributed by atoms with Crippen LogP contribution in [0, 0.1) is 0 Å². The lowest BCUT2D eigenvalue weighted by Gasteiger charge is -1.62. The van der Waals surface area contributed by atoms with Crippen LogP contribution in [0.25, 0.3) is 0 Å². The van der Waals surface area contributed by atoms with Crippen molar-refractivity contribution in [2.45, 2.75) is 0 Å². The molecule has 0 atom stereocenters. The number of H-pyrrole nitrogens is 1. The van der Waals surface area contributed by atoms with E-state index in [2.05, 4.69) is 20.6 Å². The highest BCUT2D eigenvalue weighted by Gasteiger charge is 1.78. The van der Waals surface area contributed by atoms with Crippen LogP contribution in [0.4, 0.5) is 5.95 Å². The van der Waals surface area contributed by atoms with Crippen molar-refractivity contribution in [2.75, 3.05) is 5.73 Å². The SMILES string of the molecule is Br.Nc1nn[nH]n1. The van der Waals surface area contributed by atoms with Crippen molar-refractivity contribution in [3.63, 3.8) is 0 Å². The van der Waals surface area contributed by atoms with Crippen LogP contribution in [0.2, 0.25) is 0 Å². The molecule has 0 aromatic carbocycles. The maximum absolute atomic E-state index is 4.96. The van der Waals surface area contributed by atoms with E-state index in [1.54, 1.807) is 0 Å². The van der Waals surface area contributed by atoms with Gasteiger partial charge in [-0.05, 0) is 5.21 Å². The summed E-state index contributed by atoms with van der Waals surface area (Å²) in [7, 11) is 0. The van der Waals surface area contributed by atoms with Crippen LogP contribution < -0.4 is 5.73 Å². The van der Waals surface area contributed by atoms with Crippen molar-refractivity contribution in [2.24, 2.45) is 0 Å². The minimum Gasteiger partial charge on any atom is -0.365 e. The summed E-state index contributed by atoms with van der Waals surface area (Å²) in [6.07, 6.45) is 0. The Hall–Kier alpha value is -0.650. The molecule has 0 unspecified atom stereocenters. The zero-order valence-electron chi connectivity index (χ0n) is 3.33. The van der Waals surface area contributed by atoms with E-state index in [1.165, 1.54) is 0 Å². The predicted octanol–water partition coefficient (Wildman–Crippen LogP) is -0.640. The van der Waals surface area contributed by atoms with E-state index < -0.39 is 0 Å². The molecule has 0 spiro atoms. The number of aromatic nitrogens is 4. The molecule has 0 fully saturated rings. The monoisotopic (exact) mass is 165 g/mol. The lowest BCUT2D eigenvalue weighted by molar-refractivity contribution is 0.881. The van der Waals surface area contributed by atoms with Crippen molar-refractivity contribution in [1.29, 1.82) is 0 Å². The molecule has 0 radical (unpaired) electrons. The van der Waals surface area contributed by atoms with Gasteiger partial charge < -0.3 is 5.73 Å². The molecular weight excluding hydrogens is 162 g/mol. The number of tetrazole rings is 1. The molecule has 0 aliphatic carbocycles. The third-order valence-corrected chi connectivity index (χ3v) is 0.362. The maximum Gasteiger partial charge on any atom is 0.260 e. The molecule has 7 heavy (non-hydrogen) atoms. The number of anilines is 1. The number of aromatic amines is 1. The Kier molecular flexibility index (Phi) is 2.28. The van der Waals surface area contributed by atoms with Gasteiger partial charge in [0.05, 0.1) is 0 Å². The second-order valence-corrected chi connectivity index (χ2v) is 0.770. The number of nitrogens with one attached hydrogen (secondary N) is 1. The van der Waals surface area contributed by atoms with Crippen molar-refractivity contribution >= 4 is 22.9 Å². The van der Waals surface area contributed by atoms with Crippen molar-refractivity contribution in [1.82, 2.24) is 20.6 Å². The lowest BCUT2D eigenvalue weighted by Crippen LogP contribution is -1.84. The minimum atomic E-state index is 0. The van der Waals surface area contributed by atoms with E-state index in [1.807, 2.05) is 0 Å². The van der Waals surface area contributed by atoms with E-state index >= 15 is 0 Å². The first-order chi connectivity index (χ1) is 2.89.